The average molecular weight is 657 g/mol. The molecule has 0 aliphatic carbocycles. The highest BCUT2D eigenvalue weighted by Gasteiger charge is 2.48. The van der Waals surface area contributed by atoms with E-state index >= 15 is 0 Å². The molecule has 0 aromatic rings. The second kappa shape index (κ2) is 16.1. The summed E-state index contributed by atoms with van der Waals surface area (Å²) in [5, 5.41) is 63.2. The lowest BCUT2D eigenvalue weighted by Crippen LogP contribution is -2.60. The summed E-state index contributed by atoms with van der Waals surface area (Å²) in [5.74, 6) is -1.44. The van der Waals surface area contributed by atoms with Gasteiger partial charge in [0.25, 0.3) is 0 Å². The van der Waals surface area contributed by atoms with E-state index in [9.17, 15) is 40.2 Å². The maximum Gasteiger partial charge on any atom is 0.333 e. The van der Waals surface area contributed by atoms with Crippen LogP contribution in [-0.4, -0.2) is 128 Å². The van der Waals surface area contributed by atoms with Crippen molar-refractivity contribution in [2.24, 2.45) is 0 Å². The molecule has 3 aliphatic heterocycles. The van der Waals surface area contributed by atoms with Crippen LogP contribution in [0, 0.1) is 0 Å². The minimum absolute atomic E-state index is 0.219. The van der Waals surface area contributed by atoms with Gasteiger partial charge >= 0.3 is 11.9 Å². The highest BCUT2D eigenvalue weighted by Crippen LogP contribution is 2.31. The van der Waals surface area contributed by atoms with Crippen LogP contribution >= 0.6 is 0 Å². The second-order valence-corrected chi connectivity index (χ2v) is 12.3. The molecule has 260 valence electrons. The van der Waals surface area contributed by atoms with Crippen molar-refractivity contribution in [2.75, 3.05) is 13.2 Å². The Bertz CT molecular complexity index is 1070. The molecule has 0 aromatic carbocycles. The van der Waals surface area contributed by atoms with Crippen molar-refractivity contribution in [2.45, 2.75) is 126 Å². The molecule has 4 bridgehead atoms. The summed E-state index contributed by atoms with van der Waals surface area (Å²) in [6, 6.07) is 0. The molecule has 0 unspecified atom stereocenters. The fraction of sp³-hybridized carbons (Fsp3) is 0.688. The number of hydrogen-bond donors (Lipinski definition) is 6. The summed E-state index contributed by atoms with van der Waals surface area (Å²) in [6.45, 7) is 13.0. The molecule has 0 saturated carbocycles. The van der Waals surface area contributed by atoms with Gasteiger partial charge in [-0.3, -0.25) is 0 Å². The van der Waals surface area contributed by atoms with Gasteiger partial charge in [-0.1, -0.05) is 24.3 Å². The number of aliphatic hydroxyl groups is 6. The maximum absolute atomic E-state index is 12.7. The first-order chi connectivity index (χ1) is 21.5. The SMILES string of the molecule is C=C[C@]1(C)CC/C=C(\C)C(=O)OC[C@H]2O[C@@H](O[C@](C)(C=C)CC/C=C(\C)C(=O)OC[C@H]3O[C@@H](O1)[C@@H](O)[C@@H](O)[C@@H]3O)[C@H](O)[C@H](O)[C@H]2O. The number of esters is 2. The lowest BCUT2D eigenvalue weighted by Gasteiger charge is -2.43. The van der Waals surface area contributed by atoms with Gasteiger partial charge in [0.05, 0.1) is 11.2 Å². The van der Waals surface area contributed by atoms with Crippen LogP contribution < -0.4 is 0 Å². The van der Waals surface area contributed by atoms with Gasteiger partial charge in [0, 0.05) is 11.1 Å². The molecule has 6 N–H and O–H groups in total. The van der Waals surface area contributed by atoms with Gasteiger partial charge in [-0.05, 0) is 53.4 Å². The second-order valence-electron chi connectivity index (χ2n) is 12.3. The smallest absolute Gasteiger partial charge is 0.333 e. The molecule has 2 saturated heterocycles. The summed E-state index contributed by atoms with van der Waals surface area (Å²) >= 11 is 0. The summed E-state index contributed by atoms with van der Waals surface area (Å²) < 4.78 is 34.1. The Morgan fingerprint density at radius 3 is 1.33 bits per heavy atom. The van der Waals surface area contributed by atoms with E-state index in [1.54, 1.807) is 26.0 Å². The van der Waals surface area contributed by atoms with Gasteiger partial charge < -0.3 is 59.1 Å². The quantitative estimate of drug-likeness (QED) is 0.172. The fourth-order valence-electron chi connectivity index (χ4n) is 5.11. The number of carbonyl (C=O) groups excluding carboxylic acids is 2. The Balaban J connectivity index is 1.87. The van der Waals surface area contributed by atoms with Crippen molar-refractivity contribution < 1.29 is 68.6 Å². The number of rotatable bonds is 2. The molecule has 2 fully saturated rings. The van der Waals surface area contributed by atoms with Crippen molar-refractivity contribution in [3.8, 4) is 0 Å². The van der Waals surface area contributed by atoms with Crippen molar-refractivity contribution in [1.82, 2.24) is 0 Å². The van der Waals surface area contributed by atoms with Gasteiger partial charge in [0.1, 0.15) is 62.0 Å². The lowest BCUT2D eigenvalue weighted by molar-refractivity contribution is -0.320. The van der Waals surface area contributed by atoms with Crippen LogP contribution in [0.4, 0.5) is 0 Å². The van der Waals surface area contributed by atoms with Crippen LogP contribution in [0.25, 0.3) is 0 Å². The van der Waals surface area contributed by atoms with Gasteiger partial charge in [-0.25, -0.2) is 9.59 Å². The Kier molecular flexibility index (Phi) is 13.3. The van der Waals surface area contributed by atoms with Crippen LogP contribution in [0.3, 0.4) is 0 Å². The third-order valence-corrected chi connectivity index (χ3v) is 8.56. The molecule has 0 spiro atoms. The topological polar surface area (TPSA) is 211 Å². The van der Waals surface area contributed by atoms with Crippen molar-refractivity contribution in [3.05, 3.63) is 48.6 Å². The van der Waals surface area contributed by atoms with Gasteiger partial charge in [0.2, 0.25) is 0 Å². The normalized spacial score (nSPS) is 45.0. The molecule has 46 heavy (non-hydrogen) atoms. The molecule has 3 rings (SSSR count). The summed E-state index contributed by atoms with van der Waals surface area (Å²) in [5.41, 5.74) is -1.82. The van der Waals surface area contributed by atoms with Gasteiger partial charge in [-0.15, -0.1) is 13.2 Å². The molecular formula is C32H48O14. The highest BCUT2D eigenvalue weighted by atomic mass is 16.7. The van der Waals surface area contributed by atoms with Crippen LogP contribution in [0.1, 0.15) is 53.4 Å². The number of fused-ring (bicyclic) bond motifs is 4. The first-order valence-electron chi connectivity index (χ1n) is 15.2. The molecule has 3 heterocycles. The summed E-state index contributed by atoms with van der Waals surface area (Å²) in [4.78, 5) is 25.5. The summed E-state index contributed by atoms with van der Waals surface area (Å²) in [6.07, 6.45) is -7.94. The highest BCUT2D eigenvalue weighted by molar-refractivity contribution is 5.88. The van der Waals surface area contributed by atoms with Gasteiger partial charge in [-0.2, -0.15) is 0 Å². The zero-order valence-corrected chi connectivity index (χ0v) is 26.7. The Labute approximate surface area is 268 Å². The molecule has 0 aromatic heterocycles. The number of aliphatic hydroxyl groups excluding tert-OH is 6. The third kappa shape index (κ3) is 9.31. The van der Waals surface area contributed by atoms with E-state index in [2.05, 4.69) is 13.2 Å². The zero-order valence-electron chi connectivity index (χ0n) is 26.7. The molecule has 0 amide bonds. The molecule has 3 aliphatic rings. The van der Waals surface area contributed by atoms with E-state index < -0.39 is 97.8 Å². The molecule has 14 heteroatoms. The van der Waals surface area contributed by atoms with Crippen LogP contribution in [-0.2, 0) is 38.0 Å². The van der Waals surface area contributed by atoms with Crippen molar-refractivity contribution in [1.29, 1.82) is 0 Å². The van der Waals surface area contributed by atoms with Crippen LogP contribution in [0.5, 0.6) is 0 Å². The van der Waals surface area contributed by atoms with Crippen molar-refractivity contribution >= 4 is 11.9 Å². The number of carbonyl (C=O) groups is 2. The van der Waals surface area contributed by atoms with E-state index in [0.29, 0.717) is 0 Å². The number of allylic oxidation sites excluding steroid dienone is 2. The van der Waals surface area contributed by atoms with E-state index in [0.717, 1.165) is 0 Å². The van der Waals surface area contributed by atoms with E-state index in [1.165, 1.54) is 26.0 Å². The lowest BCUT2D eigenvalue weighted by atomic mass is 9.96. The first kappa shape index (κ1) is 38.0. The Hall–Kier alpha value is -2.50. The molecule has 12 atom stereocenters. The van der Waals surface area contributed by atoms with E-state index in [4.69, 9.17) is 28.4 Å². The first-order valence-corrected chi connectivity index (χ1v) is 15.2. The average Bonchev–Trinajstić information content (AvgIpc) is 3.03. The largest absolute Gasteiger partial charge is 0.459 e. The predicted octanol–water partition coefficient (Wildman–Crippen LogP) is 0.0772. The van der Waals surface area contributed by atoms with Crippen molar-refractivity contribution in [3.63, 3.8) is 0 Å². The van der Waals surface area contributed by atoms with E-state index in [-0.39, 0.29) is 36.8 Å². The maximum atomic E-state index is 12.7. The molecular weight excluding hydrogens is 608 g/mol. The third-order valence-electron chi connectivity index (χ3n) is 8.56. The number of hydrogen-bond acceptors (Lipinski definition) is 14. The predicted molar refractivity (Wildman–Crippen MR) is 161 cm³/mol. The van der Waals surface area contributed by atoms with Crippen LogP contribution in [0.15, 0.2) is 48.6 Å². The number of ether oxygens (including phenoxy) is 6. The monoisotopic (exact) mass is 656 g/mol. The minimum Gasteiger partial charge on any atom is -0.459 e. The molecule has 14 nitrogen and oxygen atoms in total. The van der Waals surface area contributed by atoms with Crippen LogP contribution in [0.2, 0.25) is 0 Å². The fourth-order valence-corrected chi connectivity index (χ4v) is 5.11. The Morgan fingerprint density at radius 1 is 0.652 bits per heavy atom. The summed E-state index contributed by atoms with van der Waals surface area (Å²) in [7, 11) is 0. The van der Waals surface area contributed by atoms with E-state index in [1.807, 2.05) is 0 Å². The Morgan fingerprint density at radius 2 is 1.00 bits per heavy atom. The minimum atomic E-state index is -1.66. The molecule has 0 radical (unpaired) electrons. The standard InChI is InChI=1S/C32H48O14/c1-7-31(5)13-9-11-17(3)27(39)42-16-20-22(34)24(36)26(38)30(44-20)46-32(6,8-2)14-10-12-18(4)28(40)41-15-19-21(33)23(35)25(37)29(43-19)45-31/h7-8,11-12,19-26,29-30,33-38H,1-2,9-10,13-16H2,3-6H3/b17-11+,18-12+/t19-,20-,21-,22+,23+,24-,25+,26-,29+,30+,31-,32-/m1/s1. The number of cyclic esters (lactones) is 2. The zero-order chi connectivity index (χ0) is 34.4. The van der Waals surface area contributed by atoms with Gasteiger partial charge in [0.15, 0.2) is 12.6 Å².